The Labute approximate surface area is 99.6 Å². The largest absolute Gasteiger partial charge is 0.229 e. The van der Waals surface area contributed by atoms with E-state index in [4.69, 9.17) is 0 Å². The highest BCUT2D eigenvalue weighted by molar-refractivity contribution is 7.89. The van der Waals surface area contributed by atoms with Crippen molar-refractivity contribution in [3.8, 4) is 0 Å². The van der Waals surface area contributed by atoms with E-state index in [1.165, 1.54) is 18.4 Å². The van der Waals surface area contributed by atoms with Crippen LogP contribution in [0.2, 0.25) is 0 Å². The minimum absolute atomic E-state index is 1.08. The molecule has 1 fully saturated rings. The van der Waals surface area contributed by atoms with E-state index in [1.54, 1.807) is 0 Å². The van der Waals surface area contributed by atoms with Crippen LogP contribution < -0.4 is 0 Å². The van der Waals surface area contributed by atoms with Crippen LogP contribution in [-0.4, -0.2) is 20.9 Å². The van der Waals surface area contributed by atoms with E-state index in [2.05, 4.69) is 26.0 Å². The molecule has 0 heterocycles. The first-order chi connectivity index (χ1) is 7.29. The predicted octanol–water partition coefficient (Wildman–Crippen LogP) is 3.07. The van der Waals surface area contributed by atoms with Crippen LogP contribution in [0.25, 0.3) is 0 Å². The zero-order valence-corrected chi connectivity index (χ0v) is 11.4. The van der Waals surface area contributed by atoms with Crippen molar-refractivity contribution in [2.45, 2.75) is 26.7 Å². The molecule has 0 aliphatic heterocycles. The molecule has 1 saturated carbocycles. The van der Waals surface area contributed by atoms with Crippen LogP contribution in [0.1, 0.15) is 25.3 Å². The van der Waals surface area contributed by atoms with Crippen LogP contribution >= 0.6 is 0 Å². The maximum Gasteiger partial charge on any atom is 0.144 e. The average molecular weight is 242 g/mol. The lowest BCUT2D eigenvalue weighted by Crippen LogP contribution is -1.86. The number of hydrogen-bond acceptors (Lipinski definition) is 2. The SMILES string of the molecule is CC1CC1.CS(C)(=O)=O.Cc1ccccc1. The van der Waals surface area contributed by atoms with Gasteiger partial charge < -0.3 is 0 Å². The first kappa shape index (κ1) is 15.2. The Bertz CT molecular complexity index is 356. The Balaban J connectivity index is 0.000000221. The van der Waals surface area contributed by atoms with Gasteiger partial charge in [0.1, 0.15) is 9.84 Å². The second-order valence-corrected chi connectivity index (χ2v) is 6.77. The summed E-state index contributed by atoms with van der Waals surface area (Å²) in [5.41, 5.74) is 1.32. The van der Waals surface area contributed by atoms with Gasteiger partial charge in [-0.05, 0) is 12.8 Å². The lowest BCUT2D eigenvalue weighted by molar-refractivity contribution is 0.607. The van der Waals surface area contributed by atoms with Crippen LogP contribution in [0.15, 0.2) is 30.3 Å². The molecule has 0 atom stereocenters. The van der Waals surface area contributed by atoms with Crippen LogP contribution in [0, 0.1) is 12.8 Å². The van der Waals surface area contributed by atoms with Crippen molar-refractivity contribution in [2.24, 2.45) is 5.92 Å². The van der Waals surface area contributed by atoms with E-state index in [9.17, 15) is 8.42 Å². The van der Waals surface area contributed by atoms with Gasteiger partial charge in [0.2, 0.25) is 0 Å². The number of rotatable bonds is 0. The van der Waals surface area contributed by atoms with Gasteiger partial charge in [-0.25, -0.2) is 8.42 Å². The topological polar surface area (TPSA) is 34.1 Å². The second kappa shape index (κ2) is 7.44. The summed E-state index contributed by atoms with van der Waals surface area (Å²) in [6.45, 7) is 4.36. The third-order valence-electron chi connectivity index (χ3n) is 1.81. The molecule has 0 aromatic heterocycles. The molecule has 1 aromatic carbocycles. The van der Waals surface area contributed by atoms with E-state index in [0.29, 0.717) is 0 Å². The Hall–Kier alpha value is -0.830. The number of aryl methyl sites for hydroxylation is 1. The van der Waals surface area contributed by atoms with Crippen molar-refractivity contribution in [2.75, 3.05) is 12.5 Å². The van der Waals surface area contributed by atoms with Gasteiger partial charge in [-0.3, -0.25) is 0 Å². The first-order valence-electron chi connectivity index (χ1n) is 5.45. The van der Waals surface area contributed by atoms with Crippen molar-refractivity contribution in [3.63, 3.8) is 0 Å². The molecule has 2 nitrogen and oxygen atoms in total. The molecule has 3 heteroatoms. The van der Waals surface area contributed by atoms with E-state index in [1.807, 2.05) is 18.2 Å². The highest BCUT2D eigenvalue weighted by atomic mass is 32.2. The molecule has 1 aliphatic rings. The summed E-state index contributed by atoms with van der Waals surface area (Å²) in [6, 6.07) is 10.3. The molecule has 92 valence electrons. The van der Waals surface area contributed by atoms with Crippen LogP contribution in [0.4, 0.5) is 0 Å². The van der Waals surface area contributed by atoms with E-state index in [0.717, 1.165) is 18.4 Å². The fraction of sp³-hybridized carbons (Fsp3) is 0.538. The smallest absolute Gasteiger partial charge is 0.144 e. The third-order valence-corrected chi connectivity index (χ3v) is 1.81. The fourth-order valence-electron chi connectivity index (χ4n) is 0.701. The Morgan fingerprint density at radius 1 is 1.06 bits per heavy atom. The fourth-order valence-corrected chi connectivity index (χ4v) is 0.701. The van der Waals surface area contributed by atoms with Gasteiger partial charge in [0.25, 0.3) is 0 Å². The van der Waals surface area contributed by atoms with Gasteiger partial charge in [-0.15, -0.1) is 0 Å². The quantitative estimate of drug-likeness (QED) is 0.700. The van der Waals surface area contributed by atoms with Gasteiger partial charge in [-0.1, -0.05) is 55.7 Å². The molecule has 2 rings (SSSR count). The molecule has 0 amide bonds. The predicted molar refractivity (Wildman–Crippen MR) is 70.3 cm³/mol. The molecule has 0 bridgehead atoms. The number of benzene rings is 1. The van der Waals surface area contributed by atoms with Gasteiger partial charge in [0.05, 0.1) is 0 Å². The highest BCUT2D eigenvalue weighted by Gasteiger charge is 2.12. The van der Waals surface area contributed by atoms with Crippen molar-refractivity contribution < 1.29 is 8.42 Å². The summed E-state index contributed by atoms with van der Waals surface area (Å²) in [5.74, 6) is 1.08. The summed E-state index contributed by atoms with van der Waals surface area (Å²) >= 11 is 0. The Morgan fingerprint density at radius 2 is 1.38 bits per heavy atom. The van der Waals surface area contributed by atoms with Crippen LogP contribution in [0.5, 0.6) is 0 Å². The van der Waals surface area contributed by atoms with Crippen LogP contribution in [-0.2, 0) is 9.84 Å². The molecule has 0 spiro atoms. The maximum absolute atomic E-state index is 9.63. The average Bonchev–Trinajstić information content (AvgIpc) is 2.87. The minimum Gasteiger partial charge on any atom is -0.229 e. The van der Waals surface area contributed by atoms with Gasteiger partial charge in [0, 0.05) is 12.5 Å². The highest BCUT2D eigenvalue weighted by Crippen LogP contribution is 2.26. The third kappa shape index (κ3) is 18.9. The van der Waals surface area contributed by atoms with Crippen molar-refractivity contribution in [1.82, 2.24) is 0 Å². The number of sulfone groups is 1. The first-order valence-corrected chi connectivity index (χ1v) is 7.75. The zero-order chi connectivity index (χ0) is 12.6. The Kier molecular flexibility index (Phi) is 7.06. The summed E-state index contributed by atoms with van der Waals surface area (Å²) in [6.07, 6.45) is 5.29. The molecule has 0 saturated heterocycles. The lowest BCUT2D eigenvalue weighted by Gasteiger charge is -1.82. The Morgan fingerprint density at radius 3 is 1.50 bits per heavy atom. The van der Waals surface area contributed by atoms with E-state index in [-0.39, 0.29) is 0 Å². The molecule has 1 aromatic rings. The standard InChI is InChI=1S/C7H8.C4H8.C2H6O2S/c1-7-5-3-2-4-6-7;1-4-2-3-4;1-5(2,3)4/h2-6H,1H3;4H,2-3H2,1H3;1-2H3. The molecule has 0 radical (unpaired) electrons. The van der Waals surface area contributed by atoms with Crippen molar-refractivity contribution >= 4 is 9.84 Å². The molecule has 0 N–H and O–H groups in total. The summed E-state index contributed by atoms with van der Waals surface area (Å²) < 4.78 is 19.3. The molecular weight excluding hydrogens is 220 g/mol. The summed E-state index contributed by atoms with van der Waals surface area (Å²) in [5, 5.41) is 0. The summed E-state index contributed by atoms with van der Waals surface area (Å²) in [7, 11) is -2.67. The van der Waals surface area contributed by atoms with E-state index >= 15 is 0 Å². The normalized spacial score (nSPS) is 14.0. The lowest BCUT2D eigenvalue weighted by atomic mass is 10.2. The number of hydrogen-bond donors (Lipinski definition) is 0. The van der Waals surface area contributed by atoms with Gasteiger partial charge in [0.15, 0.2) is 0 Å². The van der Waals surface area contributed by atoms with Crippen molar-refractivity contribution in [1.29, 1.82) is 0 Å². The molecule has 16 heavy (non-hydrogen) atoms. The molecular formula is C13H22O2S. The van der Waals surface area contributed by atoms with Gasteiger partial charge in [-0.2, -0.15) is 0 Å². The minimum atomic E-state index is -2.67. The molecule has 0 unspecified atom stereocenters. The zero-order valence-electron chi connectivity index (χ0n) is 10.6. The second-order valence-electron chi connectivity index (χ2n) is 4.48. The van der Waals surface area contributed by atoms with Crippen molar-refractivity contribution in [3.05, 3.63) is 35.9 Å². The monoisotopic (exact) mass is 242 g/mol. The van der Waals surface area contributed by atoms with Gasteiger partial charge >= 0.3 is 0 Å². The van der Waals surface area contributed by atoms with Crippen LogP contribution in [0.3, 0.4) is 0 Å². The van der Waals surface area contributed by atoms with E-state index < -0.39 is 9.84 Å². The molecule has 1 aliphatic carbocycles. The maximum atomic E-state index is 9.63. The summed E-state index contributed by atoms with van der Waals surface area (Å²) in [4.78, 5) is 0.